The molecule has 5 heteroatoms. The van der Waals surface area contributed by atoms with Crippen LogP contribution >= 0.6 is 0 Å². The van der Waals surface area contributed by atoms with Crippen LogP contribution in [0, 0.1) is 0 Å². The number of carbonyl (C=O) groups excluding carboxylic acids is 1. The summed E-state index contributed by atoms with van der Waals surface area (Å²) in [5, 5.41) is 20.2. The lowest BCUT2D eigenvalue weighted by Crippen LogP contribution is -2.31. The molecule has 1 amide bonds. The summed E-state index contributed by atoms with van der Waals surface area (Å²) in [5.74, 6) is -1.52. The minimum absolute atomic E-state index is 0.0470. The number of hydrogen-bond donors (Lipinski definition) is 3. The van der Waals surface area contributed by atoms with E-state index in [1.807, 2.05) is 0 Å². The van der Waals surface area contributed by atoms with Crippen LogP contribution in [0.2, 0.25) is 0 Å². The van der Waals surface area contributed by atoms with Gasteiger partial charge in [0, 0.05) is 6.92 Å². The van der Waals surface area contributed by atoms with Crippen molar-refractivity contribution in [2.24, 2.45) is 0 Å². The molecule has 3 N–H and O–H groups in total. The number of aromatic hydroxyl groups is 1. The number of carboxylic acid groups (broad SMARTS) is 1. The molecule has 0 aliphatic rings. The lowest BCUT2D eigenvalue weighted by Gasteiger charge is -2.13. The van der Waals surface area contributed by atoms with Gasteiger partial charge in [-0.3, -0.25) is 4.79 Å². The molecule has 1 rings (SSSR count). The molecule has 0 unspecified atom stereocenters. The molecule has 1 aromatic rings. The third kappa shape index (κ3) is 2.98. The fourth-order valence-corrected chi connectivity index (χ4v) is 1.16. The third-order valence-electron chi connectivity index (χ3n) is 1.82. The molecule has 0 aromatic heterocycles. The Kier molecular flexibility index (Phi) is 3.28. The lowest BCUT2D eigenvalue weighted by atomic mass is 10.1. The first-order valence-corrected chi connectivity index (χ1v) is 4.29. The highest BCUT2D eigenvalue weighted by Crippen LogP contribution is 2.16. The van der Waals surface area contributed by atoms with E-state index in [0.29, 0.717) is 5.56 Å². The number of nitrogens with one attached hydrogen (secondary N) is 1. The molecule has 5 nitrogen and oxygen atoms in total. The molecule has 0 saturated heterocycles. The minimum atomic E-state index is -1.14. The first-order valence-electron chi connectivity index (χ1n) is 4.29. The Bertz CT molecular complexity index is 372. The molecule has 0 radical (unpaired) electrons. The maximum atomic E-state index is 10.8. The molecule has 80 valence electrons. The maximum absolute atomic E-state index is 10.8. The third-order valence-corrected chi connectivity index (χ3v) is 1.82. The van der Waals surface area contributed by atoms with Gasteiger partial charge in [-0.05, 0) is 17.7 Å². The SMILES string of the molecule is CC(=O)N[C@H](C(=O)O)c1ccc(O)cc1. The van der Waals surface area contributed by atoms with Crippen LogP contribution in [-0.4, -0.2) is 22.1 Å². The van der Waals surface area contributed by atoms with Gasteiger partial charge in [0.25, 0.3) is 0 Å². The van der Waals surface area contributed by atoms with E-state index in [0.717, 1.165) is 0 Å². The Morgan fingerprint density at radius 3 is 2.20 bits per heavy atom. The van der Waals surface area contributed by atoms with E-state index in [1.54, 1.807) is 0 Å². The van der Waals surface area contributed by atoms with Crippen molar-refractivity contribution in [1.29, 1.82) is 0 Å². The van der Waals surface area contributed by atoms with Crippen molar-refractivity contribution in [1.82, 2.24) is 5.32 Å². The number of carbonyl (C=O) groups is 2. The van der Waals surface area contributed by atoms with Crippen molar-refractivity contribution < 1.29 is 19.8 Å². The van der Waals surface area contributed by atoms with Crippen LogP contribution in [0.5, 0.6) is 5.75 Å². The smallest absolute Gasteiger partial charge is 0.330 e. The zero-order chi connectivity index (χ0) is 11.4. The molecule has 0 bridgehead atoms. The Labute approximate surface area is 86.4 Å². The molecular weight excluding hydrogens is 198 g/mol. The highest BCUT2D eigenvalue weighted by molar-refractivity contribution is 5.83. The normalized spacial score (nSPS) is 11.8. The average molecular weight is 209 g/mol. The van der Waals surface area contributed by atoms with Gasteiger partial charge in [0.2, 0.25) is 5.91 Å². The summed E-state index contributed by atoms with van der Waals surface area (Å²) in [6.45, 7) is 1.25. The Hall–Kier alpha value is -2.04. The zero-order valence-electron chi connectivity index (χ0n) is 8.10. The van der Waals surface area contributed by atoms with Crippen LogP contribution < -0.4 is 5.32 Å². The maximum Gasteiger partial charge on any atom is 0.330 e. The van der Waals surface area contributed by atoms with E-state index >= 15 is 0 Å². The van der Waals surface area contributed by atoms with Gasteiger partial charge in [-0.25, -0.2) is 4.79 Å². The van der Waals surface area contributed by atoms with Gasteiger partial charge in [0.1, 0.15) is 5.75 Å². The van der Waals surface area contributed by atoms with Gasteiger partial charge in [-0.1, -0.05) is 12.1 Å². The predicted molar refractivity (Wildman–Crippen MR) is 52.3 cm³/mol. The number of carboxylic acids is 1. The number of aliphatic carboxylic acids is 1. The van der Waals surface area contributed by atoms with Gasteiger partial charge in [-0.2, -0.15) is 0 Å². The first kappa shape index (κ1) is 11.0. The van der Waals surface area contributed by atoms with Crippen LogP contribution in [0.25, 0.3) is 0 Å². The second kappa shape index (κ2) is 4.45. The molecule has 0 heterocycles. The summed E-state index contributed by atoms with van der Waals surface area (Å²) in [4.78, 5) is 21.6. The monoisotopic (exact) mass is 209 g/mol. The Morgan fingerprint density at radius 1 is 1.27 bits per heavy atom. The Balaban J connectivity index is 2.94. The molecule has 1 atom stereocenters. The zero-order valence-corrected chi connectivity index (χ0v) is 8.10. The summed E-state index contributed by atoms with van der Waals surface area (Å²) >= 11 is 0. The standard InChI is InChI=1S/C10H11NO4/c1-6(12)11-9(10(14)15)7-2-4-8(13)5-3-7/h2-5,9,13H,1H3,(H,11,12)(H,14,15)/t9-/m0/s1. The largest absolute Gasteiger partial charge is 0.508 e. The second-order valence-electron chi connectivity index (χ2n) is 3.06. The molecule has 0 spiro atoms. The summed E-state index contributed by atoms with van der Waals surface area (Å²) < 4.78 is 0. The molecular formula is C10H11NO4. The van der Waals surface area contributed by atoms with Gasteiger partial charge < -0.3 is 15.5 Å². The minimum Gasteiger partial charge on any atom is -0.508 e. The quantitative estimate of drug-likeness (QED) is 0.682. The first-order chi connectivity index (χ1) is 7.00. The van der Waals surface area contributed by atoms with Crippen LogP contribution in [0.15, 0.2) is 24.3 Å². The van der Waals surface area contributed by atoms with Gasteiger partial charge in [0.15, 0.2) is 6.04 Å². The Morgan fingerprint density at radius 2 is 1.80 bits per heavy atom. The summed E-state index contributed by atoms with van der Waals surface area (Å²) in [6, 6.07) is 4.55. The van der Waals surface area contributed by atoms with E-state index in [2.05, 4.69) is 5.32 Å². The van der Waals surface area contributed by atoms with E-state index in [4.69, 9.17) is 10.2 Å². The number of hydrogen-bond acceptors (Lipinski definition) is 3. The fraction of sp³-hybridized carbons (Fsp3) is 0.200. The summed E-state index contributed by atoms with van der Waals surface area (Å²) in [6.07, 6.45) is 0. The lowest BCUT2D eigenvalue weighted by molar-refractivity contribution is -0.141. The van der Waals surface area contributed by atoms with Crippen LogP contribution in [0.3, 0.4) is 0 Å². The summed E-state index contributed by atoms with van der Waals surface area (Å²) in [5.41, 5.74) is 0.413. The van der Waals surface area contributed by atoms with Crippen molar-refractivity contribution in [3.05, 3.63) is 29.8 Å². The van der Waals surface area contributed by atoms with E-state index < -0.39 is 17.9 Å². The van der Waals surface area contributed by atoms with Crippen LogP contribution in [0.4, 0.5) is 0 Å². The van der Waals surface area contributed by atoms with Crippen molar-refractivity contribution in [2.75, 3.05) is 0 Å². The topological polar surface area (TPSA) is 86.6 Å². The highest BCUT2D eigenvalue weighted by atomic mass is 16.4. The highest BCUT2D eigenvalue weighted by Gasteiger charge is 2.20. The van der Waals surface area contributed by atoms with E-state index in [9.17, 15) is 9.59 Å². The number of amides is 1. The second-order valence-corrected chi connectivity index (χ2v) is 3.06. The van der Waals surface area contributed by atoms with E-state index in [1.165, 1.54) is 31.2 Å². The van der Waals surface area contributed by atoms with Crippen molar-refractivity contribution in [2.45, 2.75) is 13.0 Å². The van der Waals surface area contributed by atoms with Gasteiger partial charge in [-0.15, -0.1) is 0 Å². The number of benzene rings is 1. The molecule has 0 saturated carbocycles. The van der Waals surface area contributed by atoms with E-state index in [-0.39, 0.29) is 5.75 Å². The van der Waals surface area contributed by atoms with Gasteiger partial charge >= 0.3 is 5.97 Å². The fourth-order valence-electron chi connectivity index (χ4n) is 1.16. The number of phenolic OH excluding ortho intramolecular Hbond substituents is 1. The van der Waals surface area contributed by atoms with Crippen molar-refractivity contribution in [3.8, 4) is 5.75 Å². The summed E-state index contributed by atoms with van der Waals surface area (Å²) in [7, 11) is 0. The predicted octanol–water partition coefficient (Wildman–Crippen LogP) is 0.654. The number of rotatable bonds is 3. The molecule has 0 aliphatic carbocycles. The van der Waals surface area contributed by atoms with Crippen molar-refractivity contribution >= 4 is 11.9 Å². The molecule has 0 fully saturated rings. The van der Waals surface area contributed by atoms with Crippen molar-refractivity contribution in [3.63, 3.8) is 0 Å². The van der Waals surface area contributed by atoms with Crippen LogP contribution in [-0.2, 0) is 9.59 Å². The molecule has 1 aromatic carbocycles. The average Bonchev–Trinajstić information content (AvgIpc) is 2.15. The molecule has 15 heavy (non-hydrogen) atoms. The van der Waals surface area contributed by atoms with Gasteiger partial charge in [0.05, 0.1) is 0 Å². The number of phenols is 1. The van der Waals surface area contributed by atoms with Crippen LogP contribution in [0.1, 0.15) is 18.5 Å². The molecule has 0 aliphatic heterocycles.